The SMILES string of the molecule is Cc1nnc(SCCC(=O)O)s1. The van der Waals surface area contributed by atoms with E-state index in [4.69, 9.17) is 5.11 Å². The van der Waals surface area contributed by atoms with Crippen LogP contribution in [0, 0.1) is 6.92 Å². The Bertz CT molecular complexity index is 274. The van der Waals surface area contributed by atoms with Crippen LogP contribution in [0.5, 0.6) is 0 Å². The van der Waals surface area contributed by atoms with Gasteiger partial charge in [0.05, 0.1) is 6.42 Å². The third-order valence-corrected chi connectivity index (χ3v) is 3.02. The molecule has 0 aliphatic carbocycles. The van der Waals surface area contributed by atoms with Gasteiger partial charge in [-0.1, -0.05) is 23.1 Å². The summed E-state index contributed by atoms with van der Waals surface area (Å²) in [4.78, 5) is 10.1. The second-order valence-corrected chi connectivity index (χ2v) is 4.60. The molecule has 0 aliphatic rings. The monoisotopic (exact) mass is 204 g/mol. The lowest BCUT2D eigenvalue weighted by molar-refractivity contribution is -0.136. The lowest BCUT2D eigenvalue weighted by Crippen LogP contribution is -1.95. The largest absolute Gasteiger partial charge is 0.481 e. The van der Waals surface area contributed by atoms with E-state index in [2.05, 4.69) is 10.2 Å². The van der Waals surface area contributed by atoms with E-state index in [1.165, 1.54) is 23.1 Å². The molecule has 0 atom stereocenters. The average molecular weight is 204 g/mol. The van der Waals surface area contributed by atoms with Crippen molar-refractivity contribution in [2.75, 3.05) is 5.75 Å². The van der Waals surface area contributed by atoms with Gasteiger partial charge in [-0.3, -0.25) is 4.79 Å². The van der Waals surface area contributed by atoms with Crippen LogP contribution in [0.4, 0.5) is 0 Å². The predicted octanol–water partition coefficient (Wildman–Crippen LogP) is 1.41. The van der Waals surface area contributed by atoms with E-state index in [-0.39, 0.29) is 6.42 Å². The van der Waals surface area contributed by atoms with Crippen LogP contribution in [0.1, 0.15) is 11.4 Å². The molecule has 0 bridgehead atoms. The first kappa shape index (κ1) is 9.47. The van der Waals surface area contributed by atoms with Crippen LogP contribution in [0.15, 0.2) is 4.34 Å². The van der Waals surface area contributed by atoms with E-state index >= 15 is 0 Å². The number of hydrogen-bond donors (Lipinski definition) is 1. The van der Waals surface area contributed by atoms with E-state index in [0.717, 1.165) is 9.35 Å². The zero-order chi connectivity index (χ0) is 8.97. The van der Waals surface area contributed by atoms with Crippen molar-refractivity contribution in [3.63, 3.8) is 0 Å². The number of hydrogen-bond acceptors (Lipinski definition) is 5. The van der Waals surface area contributed by atoms with Crippen molar-refractivity contribution >= 4 is 29.1 Å². The second-order valence-electron chi connectivity index (χ2n) is 2.08. The first-order valence-electron chi connectivity index (χ1n) is 3.33. The maximum Gasteiger partial charge on any atom is 0.304 e. The first-order valence-corrected chi connectivity index (χ1v) is 5.13. The van der Waals surface area contributed by atoms with E-state index in [1.54, 1.807) is 0 Å². The van der Waals surface area contributed by atoms with Crippen molar-refractivity contribution < 1.29 is 9.90 Å². The molecule has 0 spiro atoms. The molecule has 0 unspecified atom stereocenters. The Hall–Kier alpha value is -0.620. The predicted molar refractivity (Wildman–Crippen MR) is 47.6 cm³/mol. The Balaban J connectivity index is 2.29. The molecule has 0 radical (unpaired) electrons. The number of rotatable bonds is 4. The maximum atomic E-state index is 10.1. The van der Waals surface area contributed by atoms with Gasteiger partial charge in [-0.2, -0.15) is 0 Å². The number of aromatic nitrogens is 2. The van der Waals surface area contributed by atoms with E-state index < -0.39 is 5.97 Å². The Morgan fingerprint density at radius 2 is 2.42 bits per heavy atom. The average Bonchev–Trinajstić information content (AvgIpc) is 2.35. The number of thioether (sulfide) groups is 1. The van der Waals surface area contributed by atoms with Crippen LogP contribution in [0.3, 0.4) is 0 Å². The summed E-state index contributed by atoms with van der Waals surface area (Å²) in [6.45, 7) is 1.87. The highest BCUT2D eigenvalue weighted by Crippen LogP contribution is 2.21. The number of aliphatic carboxylic acids is 1. The number of carboxylic acids is 1. The molecule has 1 N–H and O–H groups in total. The number of carboxylic acid groups (broad SMARTS) is 1. The van der Waals surface area contributed by atoms with Gasteiger partial charge in [-0.05, 0) is 6.92 Å². The van der Waals surface area contributed by atoms with Crippen LogP contribution in [-0.2, 0) is 4.79 Å². The minimum atomic E-state index is -0.774. The summed E-state index contributed by atoms with van der Waals surface area (Å²) in [5.74, 6) is -0.215. The summed E-state index contributed by atoms with van der Waals surface area (Å²) >= 11 is 2.92. The van der Waals surface area contributed by atoms with Gasteiger partial charge >= 0.3 is 5.97 Å². The van der Waals surface area contributed by atoms with Crippen LogP contribution in [0.2, 0.25) is 0 Å². The molecule has 1 aromatic heterocycles. The van der Waals surface area contributed by atoms with E-state index in [0.29, 0.717) is 5.75 Å². The van der Waals surface area contributed by atoms with Gasteiger partial charge in [0, 0.05) is 5.75 Å². The molecule has 6 heteroatoms. The molecular formula is C6H8N2O2S2. The summed E-state index contributed by atoms with van der Waals surface area (Å²) < 4.78 is 0.841. The van der Waals surface area contributed by atoms with Gasteiger partial charge < -0.3 is 5.11 Å². The van der Waals surface area contributed by atoms with Gasteiger partial charge in [-0.15, -0.1) is 10.2 Å². The summed E-state index contributed by atoms with van der Waals surface area (Å²) in [6.07, 6.45) is 0.170. The second kappa shape index (κ2) is 4.42. The van der Waals surface area contributed by atoms with Gasteiger partial charge in [0.1, 0.15) is 5.01 Å². The first-order chi connectivity index (χ1) is 5.68. The zero-order valence-corrected chi connectivity index (χ0v) is 8.11. The van der Waals surface area contributed by atoms with E-state index in [1.807, 2.05) is 6.92 Å². The summed E-state index contributed by atoms with van der Waals surface area (Å²) in [5, 5.41) is 16.9. The fourth-order valence-electron chi connectivity index (χ4n) is 0.562. The molecule has 0 saturated heterocycles. The molecule has 0 aromatic carbocycles. The standard InChI is InChI=1S/C6H8N2O2S2/c1-4-7-8-6(12-4)11-3-2-5(9)10/h2-3H2,1H3,(H,9,10). The van der Waals surface area contributed by atoms with Crippen molar-refractivity contribution in [1.82, 2.24) is 10.2 Å². The summed E-state index contributed by atoms with van der Waals surface area (Å²) in [5.41, 5.74) is 0. The molecule has 1 rings (SSSR count). The van der Waals surface area contributed by atoms with Crippen molar-refractivity contribution in [3.05, 3.63) is 5.01 Å². The van der Waals surface area contributed by atoms with Crippen LogP contribution < -0.4 is 0 Å². The van der Waals surface area contributed by atoms with Gasteiger partial charge in [0.2, 0.25) is 0 Å². The Labute approximate surface area is 78.0 Å². The Morgan fingerprint density at radius 1 is 1.67 bits per heavy atom. The lowest BCUT2D eigenvalue weighted by atomic mass is 10.5. The van der Waals surface area contributed by atoms with Crippen LogP contribution in [-0.4, -0.2) is 27.0 Å². The molecule has 4 nitrogen and oxygen atoms in total. The van der Waals surface area contributed by atoms with Gasteiger partial charge in [-0.25, -0.2) is 0 Å². The van der Waals surface area contributed by atoms with Gasteiger partial charge in [0.25, 0.3) is 0 Å². The highest BCUT2D eigenvalue weighted by Gasteiger charge is 2.02. The summed E-state index contributed by atoms with van der Waals surface area (Å²) in [7, 11) is 0. The highest BCUT2D eigenvalue weighted by atomic mass is 32.2. The van der Waals surface area contributed by atoms with Crippen LogP contribution in [0.25, 0.3) is 0 Å². The molecule has 0 aliphatic heterocycles. The fraction of sp³-hybridized carbons (Fsp3) is 0.500. The Kier molecular flexibility index (Phi) is 3.48. The van der Waals surface area contributed by atoms with Crippen LogP contribution >= 0.6 is 23.1 Å². The molecule has 12 heavy (non-hydrogen) atoms. The Morgan fingerprint density at radius 3 is 2.92 bits per heavy atom. The topological polar surface area (TPSA) is 63.1 Å². The number of nitrogens with zero attached hydrogens (tertiary/aromatic N) is 2. The lowest BCUT2D eigenvalue weighted by Gasteiger charge is -1.90. The van der Waals surface area contributed by atoms with Crippen molar-refractivity contribution in [2.45, 2.75) is 17.7 Å². The van der Waals surface area contributed by atoms with Crippen molar-refractivity contribution in [3.8, 4) is 0 Å². The molecule has 66 valence electrons. The third-order valence-electron chi connectivity index (χ3n) is 1.05. The quantitative estimate of drug-likeness (QED) is 0.751. The smallest absolute Gasteiger partial charge is 0.304 e. The highest BCUT2D eigenvalue weighted by molar-refractivity contribution is 8.01. The van der Waals surface area contributed by atoms with E-state index in [9.17, 15) is 4.79 Å². The zero-order valence-electron chi connectivity index (χ0n) is 6.48. The molecule has 0 saturated carbocycles. The third kappa shape index (κ3) is 3.19. The van der Waals surface area contributed by atoms with Crippen molar-refractivity contribution in [1.29, 1.82) is 0 Å². The summed E-state index contributed by atoms with van der Waals surface area (Å²) in [6, 6.07) is 0. The number of aryl methyl sites for hydroxylation is 1. The maximum absolute atomic E-state index is 10.1. The number of carbonyl (C=O) groups is 1. The normalized spacial score (nSPS) is 10.1. The fourth-order valence-corrected chi connectivity index (χ4v) is 2.38. The minimum Gasteiger partial charge on any atom is -0.481 e. The molecular weight excluding hydrogens is 196 g/mol. The van der Waals surface area contributed by atoms with Crippen molar-refractivity contribution in [2.24, 2.45) is 0 Å². The minimum absolute atomic E-state index is 0.170. The molecule has 0 amide bonds. The molecule has 1 heterocycles. The molecule has 0 fully saturated rings. The molecule has 1 aromatic rings. The van der Waals surface area contributed by atoms with Gasteiger partial charge in [0.15, 0.2) is 4.34 Å².